The zero-order valence-corrected chi connectivity index (χ0v) is 8.86. The van der Waals surface area contributed by atoms with Gasteiger partial charge in [0, 0.05) is 17.3 Å². The second-order valence-electron chi connectivity index (χ2n) is 2.51. The molecular weight excluding hydrogens is 233 g/mol. The molecule has 0 aliphatic carbocycles. The van der Waals surface area contributed by atoms with Gasteiger partial charge < -0.3 is 0 Å². The van der Waals surface area contributed by atoms with Crippen LogP contribution in [0.2, 0.25) is 0 Å². The molecule has 0 fully saturated rings. The number of halogens is 2. The van der Waals surface area contributed by atoms with E-state index in [9.17, 15) is 4.39 Å². The van der Waals surface area contributed by atoms with Crippen LogP contribution in [-0.4, -0.2) is 10.3 Å². The van der Waals surface area contributed by atoms with Crippen molar-refractivity contribution in [2.45, 2.75) is 13.3 Å². The smallest absolute Gasteiger partial charge is 0.213 e. The van der Waals surface area contributed by atoms with Crippen molar-refractivity contribution in [3.05, 3.63) is 29.3 Å². The highest BCUT2D eigenvalue weighted by atomic mass is 79.9. The molecule has 1 nitrogen and oxygen atoms in total. The van der Waals surface area contributed by atoms with Crippen LogP contribution in [0.4, 0.5) is 4.39 Å². The summed E-state index contributed by atoms with van der Waals surface area (Å²) in [6.45, 7) is 1.75. The van der Waals surface area contributed by atoms with Gasteiger partial charge in [-0.15, -0.1) is 0 Å². The first kappa shape index (κ1) is 10.2. The van der Waals surface area contributed by atoms with Gasteiger partial charge in [-0.2, -0.15) is 4.39 Å². The van der Waals surface area contributed by atoms with E-state index in [2.05, 4.69) is 32.8 Å². The van der Waals surface area contributed by atoms with E-state index in [1.54, 1.807) is 13.0 Å². The molecule has 13 heavy (non-hydrogen) atoms. The van der Waals surface area contributed by atoms with E-state index in [0.717, 1.165) is 17.3 Å². The van der Waals surface area contributed by atoms with Crippen molar-refractivity contribution >= 4 is 15.9 Å². The van der Waals surface area contributed by atoms with Crippen molar-refractivity contribution in [2.75, 3.05) is 5.33 Å². The summed E-state index contributed by atoms with van der Waals surface area (Å²) < 4.78 is 12.6. The molecule has 0 radical (unpaired) electrons. The highest BCUT2D eigenvalue weighted by molar-refractivity contribution is 9.09. The van der Waals surface area contributed by atoms with Gasteiger partial charge in [-0.25, -0.2) is 4.98 Å². The number of hydrogen-bond donors (Lipinski definition) is 0. The van der Waals surface area contributed by atoms with Crippen LogP contribution in [0.25, 0.3) is 0 Å². The van der Waals surface area contributed by atoms with Crippen LogP contribution in [0.1, 0.15) is 17.7 Å². The fraction of sp³-hybridized carbons (Fsp3) is 0.300. The highest BCUT2D eigenvalue weighted by Crippen LogP contribution is 2.04. The molecule has 0 aromatic carbocycles. The summed E-state index contributed by atoms with van der Waals surface area (Å²) >= 11 is 3.27. The zero-order valence-electron chi connectivity index (χ0n) is 7.27. The van der Waals surface area contributed by atoms with Crippen molar-refractivity contribution in [1.82, 2.24) is 4.98 Å². The average Bonchev–Trinajstić information content (AvgIpc) is 2.09. The third kappa shape index (κ3) is 3.16. The van der Waals surface area contributed by atoms with Gasteiger partial charge in [0.25, 0.3) is 0 Å². The van der Waals surface area contributed by atoms with Crippen LogP contribution < -0.4 is 0 Å². The van der Waals surface area contributed by atoms with E-state index < -0.39 is 5.95 Å². The Morgan fingerprint density at radius 3 is 2.92 bits per heavy atom. The third-order valence-electron chi connectivity index (χ3n) is 1.49. The Morgan fingerprint density at radius 1 is 1.54 bits per heavy atom. The Bertz CT molecular complexity index is 352. The lowest BCUT2D eigenvalue weighted by Crippen LogP contribution is -1.90. The first-order valence-electron chi connectivity index (χ1n) is 3.92. The molecule has 0 atom stereocenters. The summed E-state index contributed by atoms with van der Waals surface area (Å²) in [5, 5.41) is 0.855. The summed E-state index contributed by atoms with van der Waals surface area (Å²) in [6, 6.07) is 2.98. The molecule has 0 spiro atoms. The Balaban J connectivity index is 2.85. The summed E-state index contributed by atoms with van der Waals surface area (Å²) in [5.41, 5.74) is 1.43. The van der Waals surface area contributed by atoms with Gasteiger partial charge >= 0.3 is 0 Å². The monoisotopic (exact) mass is 241 g/mol. The standard InChI is InChI=1S/C10H9BrFN/c1-8-9(4-2-3-7-11)5-6-10(12)13-8/h5-6H,3,7H2,1H3. The summed E-state index contributed by atoms with van der Waals surface area (Å²) in [5.74, 6) is 5.43. The van der Waals surface area contributed by atoms with Gasteiger partial charge in [-0.3, -0.25) is 0 Å². The summed E-state index contributed by atoms with van der Waals surface area (Å²) in [7, 11) is 0. The number of pyridine rings is 1. The molecule has 0 aliphatic rings. The van der Waals surface area contributed by atoms with E-state index in [4.69, 9.17) is 0 Å². The van der Waals surface area contributed by atoms with Crippen LogP contribution in [0.15, 0.2) is 12.1 Å². The molecule has 1 rings (SSSR count). The molecule has 68 valence electrons. The first-order valence-corrected chi connectivity index (χ1v) is 5.04. The number of hydrogen-bond acceptors (Lipinski definition) is 1. The van der Waals surface area contributed by atoms with Crippen molar-refractivity contribution < 1.29 is 4.39 Å². The average molecular weight is 242 g/mol. The maximum absolute atomic E-state index is 12.6. The topological polar surface area (TPSA) is 12.9 Å². The first-order chi connectivity index (χ1) is 6.24. The second-order valence-corrected chi connectivity index (χ2v) is 3.30. The van der Waals surface area contributed by atoms with E-state index in [-0.39, 0.29) is 0 Å². The predicted molar refractivity (Wildman–Crippen MR) is 54.2 cm³/mol. The molecule has 0 bridgehead atoms. The molecule has 1 aromatic heterocycles. The zero-order chi connectivity index (χ0) is 9.68. The normalized spacial score (nSPS) is 9.15. The number of rotatable bonds is 1. The molecule has 0 saturated heterocycles. The molecule has 3 heteroatoms. The van der Waals surface area contributed by atoms with E-state index in [1.165, 1.54) is 6.07 Å². The summed E-state index contributed by atoms with van der Waals surface area (Å²) in [6.07, 6.45) is 0.789. The van der Waals surface area contributed by atoms with Crippen molar-refractivity contribution in [1.29, 1.82) is 0 Å². The van der Waals surface area contributed by atoms with E-state index in [0.29, 0.717) is 5.69 Å². The Hall–Kier alpha value is -0.880. The van der Waals surface area contributed by atoms with Gasteiger partial charge in [0.05, 0.1) is 5.69 Å². The van der Waals surface area contributed by atoms with Crippen molar-refractivity contribution in [3.63, 3.8) is 0 Å². The molecule has 0 aliphatic heterocycles. The number of nitrogens with zero attached hydrogens (tertiary/aromatic N) is 1. The minimum atomic E-state index is -0.455. The van der Waals surface area contributed by atoms with Crippen LogP contribution in [0.5, 0.6) is 0 Å². The molecule has 0 N–H and O–H groups in total. The van der Waals surface area contributed by atoms with Crippen molar-refractivity contribution in [3.8, 4) is 11.8 Å². The van der Waals surface area contributed by atoms with Gasteiger partial charge in [0.15, 0.2) is 0 Å². The minimum Gasteiger partial charge on any atom is -0.224 e. The lowest BCUT2D eigenvalue weighted by molar-refractivity contribution is 0.579. The largest absolute Gasteiger partial charge is 0.224 e. The van der Waals surface area contributed by atoms with Crippen LogP contribution >= 0.6 is 15.9 Å². The number of alkyl halides is 1. The van der Waals surface area contributed by atoms with E-state index >= 15 is 0 Å². The predicted octanol–water partition coefficient (Wildman–Crippen LogP) is 2.67. The van der Waals surface area contributed by atoms with Crippen LogP contribution in [0, 0.1) is 24.7 Å². The molecule has 1 heterocycles. The molecule has 0 saturated carbocycles. The molecule has 1 aromatic rings. The third-order valence-corrected chi connectivity index (χ3v) is 1.89. The van der Waals surface area contributed by atoms with Gasteiger partial charge in [0.2, 0.25) is 5.95 Å². The number of aryl methyl sites for hydroxylation is 1. The van der Waals surface area contributed by atoms with E-state index in [1.807, 2.05) is 0 Å². The second kappa shape index (κ2) is 4.98. The van der Waals surface area contributed by atoms with Gasteiger partial charge in [0.1, 0.15) is 0 Å². The van der Waals surface area contributed by atoms with Crippen LogP contribution in [0.3, 0.4) is 0 Å². The van der Waals surface area contributed by atoms with Crippen molar-refractivity contribution in [2.24, 2.45) is 0 Å². The lowest BCUT2D eigenvalue weighted by atomic mass is 10.2. The van der Waals surface area contributed by atoms with Gasteiger partial charge in [-0.05, 0) is 19.1 Å². The highest BCUT2D eigenvalue weighted by Gasteiger charge is 1.96. The molecule has 0 amide bonds. The maximum Gasteiger partial charge on any atom is 0.213 e. The fourth-order valence-electron chi connectivity index (χ4n) is 0.867. The summed E-state index contributed by atoms with van der Waals surface area (Å²) in [4.78, 5) is 3.67. The Labute approximate surface area is 85.5 Å². The number of aromatic nitrogens is 1. The Morgan fingerprint density at radius 2 is 2.31 bits per heavy atom. The SMILES string of the molecule is Cc1nc(F)ccc1C#CCCBr. The maximum atomic E-state index is 12.6. The minimum absolute atomic E-state index is 0.455. The molecular formula is C10H9BrFN. The Kier molecular flexibility index (Phi) is 3.91. The lowest BCUT2D eigenvalue weighted by Gasteiger charge is -1.95. The van der Waals surface area contributed by atoms with Crippen LogP contribution in [-0.2, 0) is 0 Å². The quantitative estimate of drug-likeness (QED) is 0.419. The molecule has 0 unspecified atom stereocenters. The van der Waals surface area contributed by atoms with Gasteiger partial charge in [-0.1, -0.05) is 27.8 Å². The fourth-order valence-corrected chi connectivity index (χ4v) is 1.07.